The molecule has 0 aliphatic carbocycles. The molecule has 0 radical (unpaired) electrons. The van der Waals surface area contributed by atoms with Crippen LogP contribution in [0.3, 0.4) is 0 Å². The van der Waals surface area contributed by atoms with Crippen LogP contribution in [0.2, 0.25) is 0 Å². The molecule has 1 N–H and O–H groups in total. The standard InChI is InChI=1S/C25H26FNO5/c1-15(2)31-12-3-11-27-22(16-4-7-19(26)8-5-16)21(24(29)25(27)30)23(28)18-6-9-20-17(14-18)10-13-32-20/h4-9,14-15,22,28H,3,10-13H2,1-2H3/b23-21-. The summed E-state index contributed by atoms with van der Waals surface area (Å²) in [5.74, 6) is -1.35. The normalized spacial score (nSPS) is 19.5. The molecule has 0 spiro atoms. The van der Waals surface area contributed by atoms with Crippen LogP contribution in [0.15, 0.2) is 48.0 Å². The SMILES string of the molecule is CC(C)OCCCN1C(=O)C(=O)/C(=C(\O)c2ccc3c(c2)CCO3)C1c1ccc(F)cc1. The molecule has 0 saturated carbocycles. The summed E-state index contributed by atoms with van der Waals surface area (Å²) in [5, 5.41) is 11.1. The number of aliphatic hydroxyl groups excluding tert-OH is 1. The van der Waals surface area contributed by atoms with E-state index in [1.54, 1.807) is 18.2 Å². The van der Waals surface area contributed by atoms with Gasteiger partial charge in [0.1, 0.15) is 17.3 Å². The monoisotopic (exact) mass is 439 g/mol. The average Bonchev–Trinajstić information content (AvgIpc) is 3.34. The minimum absolute atomic E-state index is 0.00486. The quantitative estimate of drug-likeness (QED) is 0.306. The second-order valence-electron chi connectivity index (χ2n) is 8.24. The van der Waals surface area contributed by atoms with E-state index < -0.39 is 23.5 Å². The molecule has 1 atom stereocenters. The first kappa shape index (κ1) is 22.0. The van der Waals surface area contributed by atoms with Crippen LogP contribution >= 0.6 is 0 Å². The highest BCUT2D eigenvalue weighted by atomic mass is 19.1. The number of fused-ring (bicyclic) bond motifs is 1. The molecule has 2 aromatic carbocycles. The molecule has 7 heteroatoms. The van der Waals surface area contributed by atoms with Gasteiger partial charge in [0.15, 0.2) is 0 Å². The highest BCUT2D eigenvalue weighted by Gasteiger charge is 2.45. The zero-order valence-corrected chi connectivity index (χ0v) is 18.1. The molecule has 2 heterocycles. The van der Waals surface area contributed by atoms with Gasteiger partial charge in [0.2, 0.25) is 0 Å². The molecule has 2 aliphatic rings. The second kappa shape index (κ2) is 9.12. The molecule has 0 bridgehead atoms. The number of carbonyl (C=O) groups excluding carboxylic acids is 2. The molecule has 168 valence electrons. The Morgan fingerprint density at radius 3 is 2.69 bits per heavy atom. The van der Waals surface area contributed by atoms with E-state index in [4.69, 9.17) is 9.47 Å². The lowest BCUT2D eigenvalue weighted by molar-refractivity contribution is -0.140. The van der Waals surface area contributed by atoms with Crippen molar-refractivity contribution in [1.82, 2.24) is 4.90 Å². The van der Waals surface area contributed by atoms with Gasteiger partial charge >= 0.3 is 0 Å². The van der Waals surface area contributed by atoms with E-state index in [1.807, 2.05) is 13.8 Å². The summed E-state index contributed by atoms with van der Waals surface area (Å²) < 4.78 is 24.6. The Hall–Kier alpha value is -3.19. The Labute approximate surface area is 186 Å². The Kier molecular flexibility index (Phi) is 6.28. The van der Waals surface area contributed by atoms with Crippen LogP contribution in [-0.4, -0.2) is 47.6 Å². The largest absolute Gasteiger partial charge is 0.507 e. The number of hydrogen-bond donors (Lipinski definition) is 1. The number of ketones is 1. The van der Waals surface area contributed by atoms with Gasteiger partial charge in [-0.05, 0) is 61.7 Å². The molecular weight excluding hydrogens is 413 g/mol. The van der Waals surface area contributed by atoms with E-state index >= 15 is 0 Å². The van der Waals surface area contributed by atoms with Gasteiger partial charge in [0, 0.05) is 25.1 Å². The first-order valence-electron chi connectivity index (χ1n) is 10.8. The minimum Gasteiger partial charge on any atom is -0.507 e. The molecule has 1 saturated heterocycles. The van der Waals surface area contributed by atoms with Gasteiger partial charge in [-0.15, -0.1) is 0 Å². The summed E-state index contributed by atoms with van der Waals surface area (Å²) in [6.07, 6.45) is 1.29. The number of nitrogens with zero attached hydrogens (tertiary/aromatic N) is 1. The number of carbonyl (C=O) groups is 2. The molecule has 1 fully saturated rings. The van der Waals surface area contributed by atoms with Gasteiger partial charge in [-0.25, -0.2) is 4.39 Å². The van der Waals surface area contributed by atoms with E-state index in [0.717, 1.165) is 11.3 Å². The fourth-order valence-corrected chi connectivity index (χ4v) is 4.15. The van der Waals surface area contributed by atoms with Crippen molar-refractivity contribution in [2.75, 3.05) is 19.8 Å². The highest BCUT2D eigenvalue weighted by molar-refractivity contribution is 6.46. The molecule has 1 amide bonds. The van der Waals surface area contributed by atoms with Gasteiger partial charge in [-0.1, -0.05) is 12.1 Å². The van der Waals surface area contributed by atoms with Crippen LogP contribution in [0.4, 0.5) is 4.39 Å². The van der Waals surface area contributed by atoms with Gasteiger partial charge < -0.3 is 19.5 Å². The summed E-state index contributed by atoms with van der Waals surface area (Å²) in [6, 6.07) is 10.0. The highest BCUT2D eigenvalue weighted by Crippen LogP contribution is 2.40. The van der Waals surface area contributed by atoms with Crippen molar-refractivity contribution in [2.45, 2.75) is 38.8 Å². The summed E-state index contributed by atoms with van der Waals surface area (Å²) in [7, 11) is 0. The Balaban J connectivity index is 1.73. The minimum atomic E-state index is -0.806. The zero-order valence-electron chi connectivity index (χ0n) is 18.1. The number of Topliss-reactive ketones (excluding diaryl/α,β-unsaturated/α-hetero) is 1. The summed E-state index contributed by atoms with van der Waals surface area (Å²) >= 11 is 0. The molecule has 1 unspecified atom stereocenters. The number of amides is 1. The van der Waals surface area contributed by atoms with Crippen LogP contribution in [0, 0.1) is 5.82 Å². The van der Waals surface area contributed by atoms with Gasteiger partial charge in [0.05, 0.1) is 24.3 Å². The summed E-state index contributed by atoms with van der Waals surface area (Å²) in [5.41, 5.74) is 1.95. The lowest BCUT2D eigenvalue weighted by atomic mass is 9.94. The van der Waals surface area contributed by atoms with Crippen LogP contribution in [-0.2, 0) is 20.7 Å². The third kappa shape index (κ3) is 4.25. The van der Waals surface area contributed by atoms with E-state index in [2.05, 4.69) is 0 Å². The summed E-state index contributed by atoms with van der Waals surface area (Å²) in [4.78, 5) is 27.4. The maximum Gasteiger partial charge on any atom is 0.295 e. The first-order chi connectivity index (χ1) is 15.4. The number of benzene rings is 2. The predicted molar refractivity (Wildman–Crippen MR) is 117 cm³/mol. The third-order valence-electron chi connectivity index (χ3n) is 5.68. The number of halogens is 1. The van der Waals surface area contributed by atoms with Crippen LogP contribution in [0.25, 0.3) is 5.76 Å². The van der Waals surface area contributed by atoms with Crippen molar-refractivity contribution in [3.8, 4) is 5.75 Å². The molecule has 4 rings (SSSR count). The van der Waals surface area contributed by atoms with Crippen molar-refractivity contribution in [3.63, 3.8) is 0 Å². The Morgan fingerprint density at radius 1 is 1.22 bits per heavy atom. The number of rotatable bonds is 7. The lowest BCUT2D eigenvalue weighted by Crippen LogP contribution is -2.31. The van der Waals surface area contributed by atoms with E-state index in [-0.39, 0.29) is 24.0 Å². The smallest absolute Gasteiger partial charge is 0.295 e. The molecular formula is C25H26FNO5. The molecule has 32 heavy (non-hydrogen) atoms. The zero-order chi connectivity index (χ0) is 22.8. The molecule has 2 aromatic rings. The predicted octanol–water partition coefficient (Wildman–Crippen LogP) is 4.00. The van der Waals surface area contributed by atoms with Crippen molar-refractivity contribution < 1.29 is 28.6 Å². The maximum atomic E-state index is 13.6. The number of hydrogen-bond acceptors (Lipinski definition) is 5. The summed E-state index contributed by atoms with van der Waals surface area (Å²) in [6.45, 7) is 5.12. The van der Waals surface area contributed by atoms with Crippen LogP contribution in [0.1, 0.15) is 43.0 Å². The maximum absolute atomic E-state index is 13.6. The molecule has 0 aromatic heterocycles. The fourth-order valence-electron chi connectivity index (χ4n) is 4.15. The Bertz CT molecular complexity index is 1060. The van der Waals surface area contributed by atoms with Gasteiger partial charge in [-0.3, -0.25) is 9.59 Å². The molecule has 2 aliphatic heterocycles. The van der Waals surface area contributed by atoms with E-state index in [9.17, 15) is 19.1 Å². The Morgan fingerprint density at radius 2 is 1.97 bits per heavy atom. The lowest BCUT2D eigenvalue weighted by Gasteiger charge is -2.25. The van der Waals surface area contributed by atoms with Crippen LogP contribution in [0.5, 0.6) is 5.75 Å². The average molecular weight is 439 g/mol. The molecule has 6 nitrogen and oxygen atoms in total. The van der Waals surface area contributed by atoms with E-state index in [0.29, 0.717) is 37.2 Å². The van der Waals surface area contributed by atoms with Crippen molar-refractivity contribution in [1.29, 1.82) is 0 Å². The van der Waals surface area contributed by atoms with E-state index in [1.165, 1.54) is 29.2 Å². The second-order valence-corrected chi connectivity index (χ2v) is 8.24. The van der Waals surface area contributed by atoms with Crippen molar-refractivity contribution in [2.24, 2.45) is 0 Å². The van der Waals surface area contributed by atoms with Gasteiger partial charge in [0.25, 0.3) is 11.7 Å². The number of likely N-dealkylation sites (tertiary alicyclic amines) is 1. The number of aliphatic hydroxyl groups is 1. The van der Waals surface area contributed by atoms with Crippen LogP contribution < -0.4 is 4.74 Å². The van der Waals surface area contributed by atoms with Gasteiger partial charge in [-0.2, -0.15) is 0 Å². The topological polar surface area (TPSA) is 76.1 Å². The van der Waals surface area contributed by atoms with Crippen molar-refractivity contribution >= 4 is 17.4 Å². The third-order valence-corrected chi connectivity index (χ3v) is 5.68. The fraction of sp³-hybridized carbons (Fsp3) is 0.360. The number of ether oxygens (including phenoxy) is 2. The first-order valence-corrected chi connectivity index (χ1v) is 10.8. The van der Waals surface area contributed by atoms with Crippen molar-refractivity contribution in [3.05, 3.63) is 70.5 Å².